The molecule has 0 bridgehead atoms. The summed E-state index contributed by atoms with van der Waals surface area (Å²) in [5.41, 5.74) is 0.884. The molecule has 0 N–H and O–H groups in total. The Hall–Kier alpha value is -2.35. The van der Waals surface area contributed by atoms with E-state index < -0.39 is 0 Å². The lowest BCUT2D eigenvalue weighted by Gasteiger charge is -2.32. The van der Waals surface area contributed by atoms with Crippen LogP contribution in [0.15, 0.2) is 16.8 Å². The van der Waals surface area contributed by atoms with Gasteiger partial charge in [-0.3, -0.25) is 4.79 Å². The van der Waals surface area contributed by atoms with Gasteiger partial charge in [-0.25, -0.2) is 9.97 Å². The first-order valence-electron chi connectivity index (χ1n) is 8.54. The first-order chi connectivity index (χ1) is 12.0. The second-order valence-corrected chi connectivity index (χ2v) is 6.46. The van der Waals surface area contributed by atoms with Gasteiger partial charge < -0.3 is 14.2 Å². The molecule has 0 radical (unpaired) electrons. The predicted octanol–water partition coefficient (Wildman–Crippen LogP) is 1.82. The van der Waals surface area contributed by atoms with Crippen molar-refractivity contribution in [2.45, 2.75) is 45.6 Å². The van der Waals surface area contributed by atoms with E-state index in [0.717, 1.165) is 5.69 Å². The molecule has 8 heteroatoms. The van der Waals surface area contributed by atoms with Crippen LogP contribution in [-0.4, -0.2) is 50.6 Å². The van der Waals surface area contributed by atoms with Gasteiger partial charge in [0.15, 0.2) is 11.6 Å². The van der Waals surface area contributed by atoms with Crippen molar-refractivity contribution in [1.82, 2.24) is 25.0 Å². The van der Waals surface area contributed by atoms with Crippen molar-refractivity contribution in [3.8, 4) is 0 Å². The maximum Gasteiger partial charge on any atom is 0.227 e. The Kier molecular flexibility index (Phi) is 5.37. The minimum absolute atomic E-state index is 0.0465. The monoisotopic (exact) mass is 345 g/mol. The normalized spacial score (nSPS) is 17.9. The van der Waals surface area contributed by atoms with E-state index in [1.54, 1.807) is 11.1 Å². The van der Waals surface area contributed by atoms with Crippen LogP contribution in [0.3, 0.4) is 0 Å². The molecule has 0 aromatic carbocycles. The van der Waals surface area contributed by atoms with Gasteiger partial charge in [0.05, 0.1) is 13.2 Å². The van der Waals surface area contributed by atoms with Gasteiger partial charge in [0.2, 0.25) is 11.8 Å². The standard InChI is InChI=1S/C17H23N5O3/c1-11(2)16-20-14(25-21-16)4-5-15(23)22-8-9-24-13(10-22)17-18-7-6-12(3)19-17/h6-7,11,13H,4-5,8-10H2,1-3H3/t13-/m1/s1. The minimum atomic E-state index is -0.284. The summed E-state index contributed by atoms with van der Waals surface area (Å²) in [6.45, 7) is 7.42. The van der Waals surface area contributed by atoms with Crippen LogP contribution in [0.5, 0.6) is 0 Å². The highest BCUT2D eigenvalue weighted by Crippen LogP contribution is 2.20. The van der Waals surface area contributed by atoms with E-state index >= 15 is 0 Å². The highest BCUT2D eigenvalue weighted by atomic mass is 16.5. The third-order valence-electron chi connectivity index (χ3n) is 4.07. The van der Waals surface area contributed by atoms with Crippen molar-refractivity contribution >= 4 is 5.91 Å². The van der Waals surface area contributed by atoms with E-state index in [0.29, 0.717) is 50.1 Å². The van der Waals surface area contributed by atoms with Crippen LogP contribution in [0.1, 0.15) is 55.5 Å². The van der Waals surface area contributed by atoms with Crippen molar-refractivity contribution in [1.29, 1.82) is 0 Å². The first kappa shape index (κ1) is 17.5. The third-order valence-corrected chi connectivity index (χ3v) is 4.07. The van der Waals surface area contributed by atoms with Gasteiger partial charge in [-0.05, 0) is 13.0 Å². The summed E-state index contributed by atoms with van der Waals surface area (Å²) < 4.78 is 10.9. The number of rotatable bonds is 5. The number of aromatic nitrogens is 4. The van der Waals surface area contributed by atoms with Crippen LogP contribution < -0.4 is 0 Å². The number of hydrogen-bond donors (Lipinski definition) is 0. The number of hydrogen-bond acceptors (Lipinski definition) is 7. The maximum atomic E-state index is 12.5. The number of ether oxygens (including phenoxy) is 1. The second kappa shape index (κ2) is 7.69. The predicted molar refractivity (Wildman–Crippen MR) is 88.8 cm³/mol. The van der Waals surface area contributed by atoms with Crippen molar-refractivity contribution in [3.63, 3.8) is 0 Å². The molecule has 2 aromatic rings. The summed E-state index contributed by atoms with van der Waals surface area (Å²) in [6.07, 6.45) is 2.21. The molecule has 1 aliphatic heterocycles. The molecule has 8 nitrogen and oxygen atoms in total. The smallest absolute Gasteiger partial charge is 0.227 e. The third kappa shape index (κ3) is 4.39. The number of aryl methyl sites for hydroxylation is 2. The molecule has 134 valence electrons. The SMILES string of the molecule is Cc1ccnc([C@H]2CN(C(=O)CCc3nc(C(C)C)no3)CCO2)n1. The maximum absolute atomic E-state index is 12.5. The molecule has 0 unspecified atom stereocenters. The Morgan fingerprint density at radius 3 is 2.96 bits per heavy atom. The molecule has 3 heterocycles. The molecule has 1 fully saturated rings. The number of carbonyl (C=O) groups excluding carboxylic acids is 1. The zero-order chi connectivity index (χ0) is 17.8. The molecule has 1 aliphatic rings. The molecule has 3 rings (SSSR count). The second-order valence-electron chi connectivity index (χ2n) is 6.46. The molecule has 0 saturated carbocycles. The van der Waals surface area contributed by atoms with Crippen molar-refractivity contribution in [2.75, 3.05) is 19.7 Å². The van der Waals surface area contributed by atoms with Crippen LogP contribution >= 0.6 is 0 Å². The molecule has 1 saturated heterocycles. The van der Waals surface area contributed by atoms with Gasteiger partial charge in [0.25, 0.3) is 0 Å². The number of nitrogens with zero attached hydrogens (tertiary/aromatic N) is 5. The van der Waals surface area contributed by atoms with Gasteiger partial charge in [-0.1, -0.05) is 19.0 Å². The zero-order valence-corrected chi connectivity index (χ0v) is 14.8. The molecular formula is C17H23N5O3. The Morgan fingerprint density at radius 2 is 2.24 bits per heavy atom. The van der Waals surface area contributed by atoms with Crippen LogP contribution in [0.2, 0.25) is 0 Å². The largest absolute Gasteiger partial charge is 0.367 e. The van der Waals surface area contributed by atoms with Gasteiger partial charge in [-0.15, -0.1) is 0 Å². The van der Waals surface area contributed by atoms with Crippen LogP contribution in [-0.2, 0) is 16.0 Å². The highest BCUT2D eigenvalue weighted by Gasteiger charge is 2.27. The van der Waals surface area contributed by atoms with Crippen molar-refractivity contribution in [3.05, 3.63) is 35.5 Å². The fraction of sp³-hybridized carbons (Fsp3) is 0.588. The summed E-state index contributed by atoms with van der Waals surface area (Å²) in [6, 6.07) is 1.84. The Morgan fingerprint density at radius 1 is 1.40 bits per heavy atom. The van der Waals surface area contributed by atoms with E-state index in [1.165, 1.54) is 0 Å². The van der Waals surface area contributed by atoms with Gasteiger partial charge in [0.1, 0.15) is 6.10 Å². The number of carbonyl (C=O) groups is 1. The topological polar surface area (TPSA) is 94.2 Å². The van der Waals surface area contributed by atoms with Crippen LogP contribution in [0.4, 0.5) is 0 Å². The van der Waals surface area contributed by atoms with Crippen molar-refractivity contribution < 1.29 is 14.1 Å². The lowest BCUT2D eigenvalue weighted by molar-refractivity contribution is -0.139. The summed E-state index contributed by atoms with van der Waals surface area (Å²) in [5.74, 6) is 2.05. The van der Waals surface area contributed by atoms with E-state index in [2.05, 4.69) is 20.1 Å². The quantitative estimate of drug-likeness (QED) is 0.816. The van der Waals surface area contributed by atoms with Gasteiger partial charge in [0, 0.05) is 37.2 Å². The van der Waals surface area contributed by atoms with E-state index in [-0.39, 0.29) is 17.9 Å². The molecule has 0 aliphatic carbocycles. The van der Waals surface area contributed by atoms with Gasteiger partial charge >= 0.3 is 0 Å². The molecule has 2 aromatic heterocycles. The highest BCUT2D eigenvalue weighted by molar-refractivity contribution is 5.76. The lowest BCUT2D eigenvalue weighted by atomic mass is 10.2. The molecule has 25 heavy (non-hydrogen) atoms. The first-order valence-corrected chi connectivity index (χ1v) is 8.54. The number of amides is 1. The Labute approximate surface area is 146 Å². The number of morpholine rings is 1. The molecule has 1 atom stereocenters. The van der Waals surface area contributed by atoms with Crippen LogP contribution in [0, 0.1) is 6.92 Å². The molecular weight excluding hydrogens is 322 g/mol. The van der Waals surface area contributed by atoms with Gasteiger partial charge in [-0.2, -0.15) is 4.98 Å². The van der Waals surface area contributed by atoms with E-state index in [1.807, 2.05) is 26.8 Å². The lowest BCUT2D eigenvalue weighted by Crippen LogP contribution is -2.42. The fourth-order valence-electron chi connectivity index (χ4n) is 2.63. The Bertz CT molecular complexity index is 731. The van der Waals surface area contributed by atoms with Crippen LogP contribution in [0.25, 0.3) is 0 Å². The summed E-state index contributed by atoms with van der Waals surface area (Å²) in [7, 11) is 0. The Balaban J connectivity index is 1.56. The summed E-state index contributed by atoms with van der Waals surface area (Å²) in [4.78, 5) is 27.3. The molecule has 0 spiro atoms. The zero-order valence-electron chi connectivity index (χ0n) is 14.8. The van der Waals surface area contributed by atoms with E-state index in [4.69, 9.17) is 9.26 Å². The summed E-state index contributed by atoms with van der Waals surface area (Å²) in [5, 5.41) is 3.92. The minimum Gasteiger partial charge on any atom is -0.367 e. The van der Waals surface area contributed by atoms with E-state index in [9.17, 15) is 4.79 Å². The average Bonchev–Trinajstić information content (AvgIpc) is 3.09. The average molecular weight is 345 g/mol. The fourth-order valence-corrected chi connectivity index (χ4v) is 2.63. The molecule has 1 amide bonds. The summed E-state index contributed by atoms with van der Waals surface area (Å²) >= 11 is 0. The van der Waals surface area contributed by atoms with Crippen molar-refractivity contribution in [2.24, 2.45) is 0 Å².